The van der Waals surface area contributed by atoms with Crippen molar-refractivity contribution < 1.29 is 4.74 Å². The predicted molar refractivity (Wildman–Crippen MR) is 95.5 cm³/mol. The third-order valence-corrected chi connectivity index (χ3v) is 4.78. The highest BCUT2D eigenvalue weighted by Gasteiger charge is 2.22. The van der Waals surface area contributed by atoms with Crippen LogP contribution >= 0.6 is 11.6 Å². The van der Waals surface area contributed by atoms with Crippen molar-refractivity contribution in [3.63, 3.8) is 0 Å². The van der Waals surface area contributed by atoms with Gasteiger partial charge in [-0.05, 0) is 57.4 Å². The van der Waals surface area contributed by atoms with Crippen LogP contribution in [0.5, 0.6) is 5.75 Å². The molecule has 0 unspecified atom stereocenters. The molecular formula is C18H22ClN3O. The van der Waals surface area contributed by atoms with E-state index in [1.165, 1.54) is 19.3 Å². The molecule has 0 saturated carbocycles. The van der Waals surface area contributed by atoms with E-state index in [1.807, 2.05) is 30.5 Å². The summed E-state index contributed by atoms with van der Waals surface area (Å²) in [7, 11) is 1.66. The largest absolute Gasteiger partial charge is 0.497 e. The van der Waals surface area contributed by atoms with Crippen LogP contribution in [-0.4, -0.2) is 35.4 Å². The van der Waals surface area contributed by atoms with Crippen LogP contribution in [-0.2, 0) is 0 Å². The van der Waals surface area contributed by atoms with Gasteiger partial charge < -0.3 is 4.74 Å². The first-order valence-corrected chi connectivity index (χ1v) is 8.43. The predicted octanol–water partition coefficient (Wildman–Crippen LogP) is 4.49. The fourth-order valence-corrected chi connectivity index (χ4v) is 3.32. The molecule has 0 spiro atoms. The molecule has 2 heterocycles. The molecule has 1 aliphatic rings. The maximum atomic E-state index is 6.32. The number of benzene rings is 1. The van der Waals surface area contributed by atoms with Crippen LogP contribution < -0.4 is 4.74 Å². The average molecular weight is 332 g/mol. The number of ether oxygens (including phenoxy) is 1. The molecule has 0 radical (unpaired) electrons. The number of aromatic nitrogens is 1. The normalized spacial score (nSPS) is 22.0. The molecule has 5 heteroatoms. The minimum Gasteiger partial charge on any atom is -0.497 e. The van der Waals surface area contributed by atoms with Gasteiger partial charge in [-0.2, -0.15) is 5.10 Å². The molecule has 0 aliphatic carbocycles. The summed E-state index contributed by atoms with van der Waals surface area (Å²) in [6.45, 7) is 4.44. The number of fused-ring (bicyclic) bond motifs is 1. The van der Waals surface area contributed by atoms with E-state index in [9.17, 15) is 0 Å². The fourth-order valence-electron chi connectivity index (χ4n) is 3.13. The Kier molecular flexibility index (Phi) is 4.71. The van der Waals surface area contributed by atoms with Crippen LogP contribution in [0.3, 0.4) is 0 Å². The van der Waals surface area contributed by atoms with E-state index < -0.39 is 0 Å². The average Bonchev–Trinajstić information content (AvgIpc) is 2.54. The Morgan fingerprint density at radius 2 is 2.00 bits per heavy atom. The summed E-state index contributed by atoms with van der Waals surface area (Å²) in [5.41, 5.74) is 1.69. The van der Waals surface area contributed by atoms with E-state index in [1.54, 1.807) is 7.11 Å². The van der Waals surface area contributed by atoms with Crippen LogP contribution in [0.1, 0.15) is 38.7 Å². The summed E-state index contributed by atoms with van der Waals surface area (Å²) in [6.07, 6.45) is 5.46. The number of hydrogen-bond donors (Lipinski definition) is 0. The van der Waals surface area contributed by atoms with Crippen LogP contribution in [0.4, 0.5) is 0 Å². The van der Waals surface area contributed by atoms with Crippen molar-refractivity contribution in [2.75, 3.05) is 7.11 Å². The van der Waals surface area contributed by atoms with Crippen LogP contribution in [0, 0.1) is 0 Å². The van der Waals surface area contributed by atoms with Gasteiger partial charge in [0.15, 0.2) is 0 Å². The minimum absolute atomic E-state index is 0.460. The molecule has 1 saturated heterocycles. The quantitative estimate of drug-likeness (QED) is 0.614. The van der Waals surface area contributed by atoms with Gasteiger partial charge in [0, 0.05) is 23.0 Å². The molecule has 2 atom stereocenters. The van der Waals surface area contributed by atoms with E-state index in [4.69, 9.17) is 16.3 Å². The highest BCUT2D eigenvalue weighted by molar-refractivity contribution is 6.32. The molecule has 0 bridgehead atoms. The summed E-state index contributed by atoms with van der Waals surface area (Å²) in [5.74, 6) is 0.808. The van der Waals surface area contributed by atoms with Gasteiger partial charge in [0.05, 0.1) is 18.8 Å². The first kappa shape index (κ1) is 16.1. The lowest BCUT2D eigenvalue weighted by atomic mass is 10.00. The molecule has 23 heavy (non-hydrogen) atoms. The molecule has 0 N–H and O–H groups in total. The second kappa shape index (κ2) is 6.75. The van der Waals surface area contributed by atoms with E-state index >= 15 is 0 Å². The highest BCUT2D eigenvalue weighted by atomic mass is 35.5. The lowest BCUT2D eigenvalue weighted by Crippen LogP contribution is -2.39. The lowest BCUT2D eigenvalue weighted by molar-refractivity contribution is 0.109. The first-order chi connectivity index (χ1) is 11.1. The van der Waals surface area contributed by atoms with Crippen LogP contribution in [0.2, 0.25) is 5.15 Å². The van der Waals surface area contributed by atoms with Crippen molar-refractivity contribution in [3.8, 4) is 5.75 Å². The smallest absolute Gasteiger partial charge is 0.138 e. The first-order valence-electron chi connectivity index (χ1n) is 8.05. The number of pyridine rings is 1. The van der Waals surface area contributed by atoms with E-state index in [2.05, 4.69) is 28.9 Å². The Morgan fingerprint density at radius 3 is 2.70 bits per heavy atom. The number of hydrazone groups is 1. The molecule has 2 aromatic rings. The summed E-state index contributed by atoms with van der Waals surface area (Å²) in [6, 6.07) is 8.69. The molecule has 1 fully saturated rings. The molecule has 4 nitrogen and oxygen atoms in total. The van der Waals surface area contributed by atoms with Gasteiger partial charge >= 0.3 is 0 Å². The standard InChI is InChI=1S/C18H22ClN3O/c1-12-5-4-6-13(2)22(12)20-11-15-9-14-10-16(23-3)7-8-17(14)21-18(15)19/h7-13H,4-6H2,1-3H3/b20-11-/t12-,13+. The van der Waals surface area contributed by atoms with Crippen molar-refractivity contribution in [2.24, 2.45) is 5.10 Å². The van der Waals surface area contributed by atoms with Crippen molar-refractivity contribution in [2.45, 2.75) is 45.2 Å². The second-order valence-electron chi connectivity index (χ2n) is 6.18. The van der Waals surface area contributed by atoms with Gasteiger partial charge in [-0.1, -0.05) is 11.6 Å². The fraction of sp³-hybridized carbons (Fsp3) is 0.444. The number of hydrogen-bond acceptors (Lipinski definition) is 4. The lowest BCUT2D eigenvalue weighted by Gasteiger charge is -2.36. The molecule has 1 aromatic carbocycles. The Morgan fingerprint density at radius 1 is 1.26 bits per heavy atom. The van der Waals surface area contributed by atoms with Crippen molar-refractivity contribution in [3.05, 3.63) is 35.0 Å². The number of halogens is 1. The third-order valence-electron chi connectivity index (χ3n) is 4.48. The molecular weight excluding hydrogens is 310 g/mol. The summed E-state index contributed by atoms with van der Waals surface area (Å²) >= 11 is 6.32. The zero-order chi connectivity index (χ0) is 16.4. The van der Waals surface area contributed by atoms with E-state index in [0.29, 0.717) is 17.2 Å². The van der Waals surface area contributed by atoms with Gasteiger partial charge in [-0.25, -0.2) is 4.98 Å². The minimum atomic E-state index is 0.460. The molecule has 3 rings (SSSR count). The Labute approximate surface area is 142 Å². The maximum Gasteiger partial charge on any atom is 0.138 e. The summed E-state index contributed by atoms with van der Waals surface area (Å²) in [5, 5.41) is 8.33. The van der Waals surface area contributed by atoms with Gasteiger partial charge in [-0.15, -0.1) is 0 Å². The van der Waals surface area contributed by atoms with Crippen LogP contribution in [0.25, 0.3) is 10.9 Å². The highest BCUT2D eigenvalue weighted by Crippen LogP contribution is 2.25. The molecule has 122 valence electrons. The Hall–Kier alpha value is -1.81. The molecule has 0 amide bonds. The SMILES string of the molecule is COc1ccc2nc(Cl)c(/C=N\N3[C@H](C)CCC[C@@H]3C)cc2c1. The molecule has 1 aliphatic heterocycles. The van der Waals surface area contributed by atoms with Gasteiger partial charge in [0.25, 0.3) is 0 Å². The van der Waals surface area contributed by atoms with Gasteiger partial charge in [-0.3, -0.25) is 5.01 Å². The van der Waals surface area contributed by atoms with E-state index in [0.717, 1.165) is 22.2 Å². The van der Waals surface area contributed by atoms with Crippen molar-refractivity contribution in [1.82, 2.24) is 9.99 Å². The number of rotatable bonds is 3. The number of methoxy groups -OCH3 is 1. The number of piperidine rings is 1. The number of nitrogens with zero attached hydrogens (tertiary/aromatic N) is 3. The second-order valence-corrected chi connectivity index (χ2v) is 6.54. The van der Waals surface area contributed by atoms with E-state index in [-0.39, 0.29) is 0 Å². The third kappa shape index (κ3) is 3.42. The topological polar surface area (TPSA) is 37.7 Å². The zero-order valence-corrected chi connectivity index (χ0v) is 14.5. The summed E-state index contributed by atoms with van der Waals surface area (Å²) in [4.78, 5) is 4.45. The van der Waals surface area contributed by atoms with Gasteiger partial charge in [0.1, 0.15) is 10.9 Å². The van der Waals surface area contributed by atoms with Crippen molar-refractivity contribution >= 4 is 28.7 Å². The summed E-state index contributed by atoms with van der Waals surface area (Å²) < 4.78 is 5.27. The maximum absolute atomic E-state index is 6.32. The van der Waals surface area contributed by atoms with Crippen molar-refractivity contribution in [1.29, 1.82) is 0 Å². The van der Waals surface area contributed by atoms with Crippen LogP contribution in [0.15, 0.2) is 29.4 Å². The monoisotopic (exact) mass is 331 g/mol. The van der Waals surface area contributed by atoms with Gasteiger partial charge in [0.2, 0.25) is 0 Å². The molecule has 1 aromatic heterocycles. The Balaban J connectivity index is 1.92. The Bertz CT molecular complexity index is 722. The zero-order valence-electron chi connectivity index (χ0n) is 13.8.